The van der Waals surface area contributed by atoms with E-state index in [1.165, 1.54) is 12.1 Å². The van der Waals surface area contributed by atoms with Crippen molar-refractivity contribution in [2.24, 2.45) is 0 Å². The van der Waals surface area contributed by atoms with Crippen LogP contribution in [0.4, 0.5) is 48.3 Å². The van der Waals surface area contributed by atoms with Gasteiger partial charge in [-0.2, -0.15) is 43.9 Å². The molecule has 1 aliphatic rings. The molecule has 0 saturated heterocycles. The summed E-state index contributed by atoms with van der Waals surface area (Å²) in [6.07, 6.45) is 1.04. The standard InChI is InChI=1S/C13H7F11N2O/c14-8(7(27)26-5-6-3-1-2-4-25-6)9(15,16)11(19,20)13(23,24)12(21,22)10(8,17)18/h1-4H,5H2,(H,26,27). The van der Waals surface area contributed by atoms with E-state index >= 15 is 0 Å². The number of carbonyl (C=O) groups is 1. The molecule has 1 N–H and O–H groups in total. The molecule has 1 fully saturated rings. The predicted octanol–water partition coefficient (Wildman–Crippen LogP) is 3.60. The van der Waals surface area contributed by atoms with Crippen LogP contribution in [-0.4, -0.2) is 46.2 Å². The number of nitrogens with zero attached hydrogens (tertiary/aromatic N) is 1. The Hall–Kier alpha value is -2.15. The molecule has 1 aromatic rings. The van der Waals surface area contributed by atoms with E-state index < -0.39 is 47.7 Å². The highest BCUT2D eigenvalue weighted by atomic mass is 19.4. The third-order valence-electron chi connectivity index (χ3n) is 3.91. The number of nitrogens with one attached hydrogen (secondary N) is 1. The first-order chi connectivity index (χ1) is 12.0. The summed E-state index contributed by atoms with van der Waals surface area (Å²) < 4.78 is 148. The summed E-state index contributed by atoms with van der Waals surface area (Å²) in [6, 6.07) is 3.57. The minimum Gasteiger partial charge on any atom is -0.347 e. The van der Waals surface area contributed by atoms with Crippen LogP contribution >= 0.6 is 0 Å². The maximum Gasteiger partial charge on any atom is 0.384 e. The van der Waals surface area contributed by atoms with Crippen LogP contribution in [0.3, 0.4) is 0 Å². The number of carbonyl (C=O) groups excluding carboxylic acids is 1. The van der Waals surface area contributed by atoms with E-state index in [0.717, 1.165) is 17.6 Å². The van der Waals surface area contributed by atoms with Gasteiger partial charge in [-0.15, -0.1) is 0 Å². The van der Waals surface area contributed by atoms with Gasteiger partial charge in [-0.25, -0.2) is 4.39 Å². The van der Waals surface area contributed by atoms with Gasteiger partial charge in [0, 0.05) is 6.20 Å². The predicted molar refractivity (Wildman–Crippen MR) is 64.7 cm³/mol. The Labute approximate surface area is 142 Å². The number of hydrogen-bond acceptors (Lipinski definition) is 2. The van der Waals surface area contributed by atoms with E-state index in [4.69, 9.17) is 0 Å². The molecule has 3 nitrogen and oxygen atoms in total. The molecule has 0 unspecified atom stereocenters. The second-order valence-corrected chi connectivity index (χ2v) is 5.53. The van der Waals surface area contributed by atoms with Crippen molar-refractivity contribution in [2.45, 2.75) is 41.8 Å². The Balaban J connectivity index is 2.55. The molecule has 0 spiro atoms. The number of amides is 1. The van der Waals surface area contributed by atoms with Crippen molar-refractivity contribution < 1.29 is 53.1 Å². The van der Waals surface area contributed by atoms with Crippen LogP contribution in [0.1, 0.15) is 5.69 Å². The largest absolute Gasteiger partial charge is 0.384 e. The number of hydrogen-bond donors (Lipinski definition) is 1. The van der Waals surface area contributed by atoms with Crippen LogP contribution in [0.2, 0.25) is 0 Å². The van der Waals surface area contributed by atoms with Crippen LogP contribution in [-0.2, 0) is 11.3 Å². The Kier molecular flexibility index (Phi) is 4.44. The molecule has 152 valence electrons. The van der Waals surface area contributed by atoms with Crippen molar-refractivity contribution in [1.29, 1.82) is 0 Å². The van der Waals surface area contributed by atoms with Gasteiger partial charge in [0.2, 0.25) is 0 Å². The first-order valence-corrected chi connectivity index (χ1v) is 6.76. The van der Waals surface area contributed by atoms with Gasteiger partial charge in [-0.3, -0.25) is 9.78 Å². The second kappa shape index (κ2) is 5.67. The number of aromatic nitrogens is 1. The molecule has 1 aliphatic carbocycles. The Morgan fingerprint density at radius 3 is 1.63 bits per heavy atom. The lowest BCUT2D eigenvalue weighted by Crippen LogP contribution is -2.86. The summed E-state index contributed by atoms with van der Waals surface area (Å²) >= 11 is 0. The van der Waals surface area contributed by atoms with E-state index in [0.29, 0.717) is 0 Å². The zero-order valence-corrected chi connectivity index (χ0v) is 12.5. The molecule has 0 radical (unpaired) electrons. The Morgan fingerprint density at radius 2 is 1.22 bits per heavy atom. The highest BCUT2D eigenvalue weighted by Crippen LogP contribution is 2.69. The molecule has 1 heterocycles. The first kappa shape index (κ1) is 21.2. The van der Waals surface area contributed by atoms with Crippen LogP contribution in [0.5, 0.6) is 0 Å². The summed E-state index contributed by atoms with van der Waals surface area (Å²) in [5.41, 5.74) is -6.98. The lowest BCUT2D eigenvalue weighted by Gasteiger charge is -2.51. The van der Waals surface area contributed by atoms with Crippen molar-refractivity contribution in [3.8, 4) is 0 Å². The van der Waals surface area contributed by atoms with E-state index in [1.807, 2.05) is 0 Å². The summed E-state index contributed by atoms with van der Waals surface area (Å²) in [5, 5.41) is 0.975. The van der Waals surface area contributed by atoms with Crippen molar-refractivity contribution in [2.75, 3.05) is 0 Å². The normalized spacial score (nSPS) is 26.2. The lowest BCUT2D eigenvalue weighted by atomic mass is 9.71. The van der Waals surface area contributed by atoms with Crippen molar-refractivity contribution in [1.82, 2.24) is 10.3 Å². The molecule has 0 aliphatic heterocycles. The van der Waals surface area contributed by atoms with Crippen molar-refractivity contribution in [3.05, 3.63) is 30.1 Å². The van der Waals surface area contributed by atoms with Crippen LogP contribution in [0, 0.1) is 0 Å². The second-order valence-electron chi connectivity index (χ2n) is 5.53. The van der Waals surface area contributed by atoms with Crippen molar-refractivity contribution >= 4 is 5.91 Å². The molecule has 14 heteroatoms. The lowest BCUT2D eigenvalue weighted by molar-refractivity contribution is -0.476. The smallest absolute Gasteiger partial charge is 0.347 e. The van der Waals surface area contributed by atoms with Gasteiger partial charge < -0.3 is 5.32 Å². The van der Waals surface area contributed by atoms with Gasteiger partial charge in [-0.1, -0.05) is 6.07 Å². The van der Waals surface area contributed by atoms with E-state index in [-0.39, 0.29) is 5.69 Å². The molecular formula is C13H7F11N2O. The fourth-order valence-corrected chi connectivity index (χ4v) is 2.30. The van der Waals surface area contributed by atoms with Gasteiger partial charge in [-0.05, 0) is 12.1 Å². The molecule has 0 atom stereocenters. The molecule has 27 heavy (non-hydrogen) atoms. The maximum atomic E-state index is 14.3. The van der Waals surface area contributed by atoms with Crippen LogP contribution in [0.25, 0.3) is 0 Å². The van der Waals surface area contributed by atoms with Gasteiger partial charge in [0.05, 0.1) is 12.2 Å². The molecule has 1 amide bonds. The molecular weight excluding hydrogens is 409 g/mol. The Morgan fingerprint density at radius 1 is 0.778 bits per heavy atom. The molecule has 2 rings (SSSR count). The summed E-state index contributed by atoms with van der Waals surface area (Å²) in [6.45, 7) is -1.12. The molecule has 0 aromatic carbocycles. The third kappa shape index (κ3) is 2.27. The van der Waals surface area contributed by atoms with Gasteiger partial charge >= 0.3 is 35.3 Å². The monoisotopic (exact) mass is 416 g/mol. The molecule has 0 bridgehead atoms. The van der Waals surface area contributed by atoms with E-state index in [2.05, 4.69) is 4.98 Å². The number of halogens is 11. The molecule has 1 aromatic heterocycles. The first-order valence-electron chi connectivity index (χ1n) is 6.76. The van der Waals surface area contributed by atoms with Gasteiger partial charge in [0.1, 0.15) is 0 Å². The fraction of sp³-hybridized carbons (Fsp3) is 0.538. The number of pyridine rings is 1. The quantitative estimate of drug-likeness (QED) is 0.766. The minimum atomic E-state index is -7.36. The van der Waals surface area contributed by atoms with Crippen molar-refractivity contribution in [3.63, 3.8) is 0 Å². The average molecular weight is 416 g/mol. The van der Waals surface area contributed by atoms with Gasteiger partial charge in [0.15, 0.2) is 0 Å². The maximum absolute atomic E-state index is 14.3. The Bertz CT molecular complexity index is 705. The molecule has 1 saturated carbocycles. The topological polar surface area (TPSA) is 42.0 Å². The SMILES string of the molecule is O=C(NCc1ccccn1)C1(F)C(F)(F)C(F)(F)C(F)(F)C(F)(F)C1(F)F. The summed E-state index contributed by atoms with van der Waals surface area (Å²) in [5.74, 6) is -39.7. The zero-order chi connectivity index (χ0) is 21.1. The zero-order valence-electron chi connectivity index (χ0n) is 12.5. The summed E-state index contributed by atoms with van der Waals surface area (Å²) in [4.78, 5) is 15.0. The van der Waals surface area contributed by atoms with Gasteiger partial charge in [0.25, 0.3) is 5.91 Å². The highest BCUT2D eigenvalue weighted by molar-refractivity contribution is 5.88. The minimum absolute atomic E-state index is 0.291. The van der Waals surface area contributed by atoms with E-state index in [9.17, 15) is 53.1 Å². The number of alkyl halides is 11. The number of rotatable bonds is 3. The van der Waals surface area contributed by atoms with Crippen LogP contribution < -0.4 is 5.32 Å². The average Bonchev–Trinajstić information content (AvgIpc) is 2.57. The third-order valence-corrected chi connectivity index (χ3v) is 3.91. The van der Waals surface area contributed by atoms with E-state index in [1.54, 1.807) is 0 Å². The highest BCUT2D eigenvalue weighted by Gasteiger charge is 3.02. The fourth-order valence-electron chi connectivity index (χ4n) is 2.30. The summed E-state index contributed by atoms with van der Waals surface area (Å²) in [7, 11) is 0. The van der Waals surface area contributed by atoms with Crippen LogP contribution in [0.15, 0.2) is 24.4 Å².